The van der Waals surface area contributed by atoms with Gasteiger partial charge in [-0.05, 0) is 18.9 Å². The summed E-state index contributed by atoms with van der Waals surface area (Å²) in [5.41, 5.74) is 0.606. The van der Waals surface area contributed by atoms with E-state index in [-0.39, 0.29) is 12.8 Å². The second-order valence-electron chi connectivity index (χ2n) is 7.31. The number of halogens is 3. The topological polar surface area (TPSA) is 131 Å². The number of aliphatic hydroxyl groups excluding tert-OH is 1. The number of nitrogens with zero attached hydrogens (tertiary/aromatic N) is 4. The first-order valence-corrected chi connectivity index (χ1v) is 11.1. The van der Waals surface area contributed by atoms with Crippen molar-refractivity contribution in [1.82, 2.24) is 14.3 Å². The summed E-state index contributed by atoms with van der Waals surface area (Å²) in [5, 5.41) is 15.2. The summed E-state index contributed by atoms with van der Waals surface area (Å²) in [6.45, 7) is -0.543. The average molecular weight is 479 g/mol. The van der Waals surface area contributed by atoms with Crippen molar-refractivity contribution in [3.63, 3.8) is 0 Å². The largest absolute Gasteiger partial charge is 0.493 e. The Morgan fingerprint density at radius 3 is 2.34 bits per heavy atom. The molecule has 2 aromatic rings. The molecule has 2 heterocycles. The first kappa shape index (κ1) is 24.2. The molecule has 1 aromatic carbocycles. The Morgan fingerprint density at radius 2 is 1.81 bits per heavy atom. The van der Waals surface area contributed by atoms with Crippen molar-refractivity contribution >= 4 is 26.9 Å². The van der Waals surface area contributed by atoms with Crippen LogP contribution in [0.1, 0.15) is 12.8 Å². The molecule has 1 saturated heterocycles. The maximum atomic E-state index is 12.8. The quantitative estimate of drug-likeness (QED) is 0.603. The number of anilines is 1. The Morgan fingerprint density at radius 1 is 1.22 bits per heavy atom. The lowest BCUT2D eigenvalue weighted by atomic mass is 10.0. The molecule has 3 rings (SSSR count). The number of aliphatic hydroxyl groups is 1. The van der Waals surface area contributed by atoms with Crippen LogP contribution in [-0.4, -0.2) is 80.0 Å². The first-order valence-electron chi connectivity index (χ1n) is 9.61. The van der Waals surface area contributed by atoms with Gasteiger partial charge in [-0.1, -0.05) is 0 Å². The van der Waals surface area contributed by atoms with E-state index in [1.807, 2.05) is 4.90 Å². The lowest BCUT2D eigenvalue weighted by Crippen LogP contribution is -2.53. The third-order valence-electron chi connectivity index (χ3n) is 5.35. The fraction of sp³-hybridized carbons (Fsp3) is 0.556. The Balaban J connectivity index is 1.82. The van der Waals surface area contributed by atoms with Gasteiger partial charge in [0.25, 0.3) is 10.2 Å². The number of fused-ring (bicyclic) bond motifs is 1. The van der Waals surface area contributed by atoms with Gasteiger partial charge in [-0.2, -0.15) is 25.9 Å². The van der Waals surface area contributed by atoms with Gasteiger partial charge in [-0.3, -0.25) is 0 Å². The van der Waals surface area contributed by atoms with Gasteiger partial charge in [0.15, 0.2) is 17.6 Å². The first-order chi connectivity index (χ1) is 15.0. The Bertz CT molecular complexity index is 1060. The van der Waals surface area contributed by atoms with Gasteiger partial charge in [-0.25, -0.2) is 15.1 Å². The highest BCUT2D eigenvalue weighted by Gasteiger charge is 2.43. The fourth-order valence-electron chi connectivity index (χ4n) is 3.72. The van der Waals surface area contributed by atoms with Gasteiger partial charge in [0.2, 0.25) is 0 Å². The van der Waals surface area contributed by atoms with E-state index >= 15 is 0 Å². The number of methoxy groups -OCH3 is 2. The maximum absolute atomic E-state index is 12.8. The van der Waals surface area contributed by atoms with Crippen LogP contribution < -0.4 is 19.5 Å². The molecule has 32 heavy (non-hydrogen) atoms. The van der Waals surface area contributed by atoms with Crippen molar-refractivity contribution in [2.45, 2.75) is 31.2 Å². The molecular weight excluding hydrogens is 455 g/mol. The molecule has 1 aromatic heterocycles. The van der Waals surface area contributed by atoms with E-state index in [0.29, 0.717) is 45.6 Å². The van der Waals surface area contributed by atoms with Crippen LogP contribution in [0.4, 0.5) is 19.0 Å². The molecule has 0 spiro atoms. The summed E-state index contributed by atoms with van der Waals surface area (Å²) in [6, 6.07) is 2.64. The highest BCUT2D eigenvalue weighted by atomic mass is 32.2. The minimum absolute atomic E-state index is 0.194. The van der Waals surface area contributed by atoms with E-state index in [1.165, 1.54) is 20.5 Å². The second-order valence-corrected chi connectivity index (χ2v) is 8.81. The molecule has 3 N–H and O–H groups in total. The molecule has 1 aliphatic heterocycles. The highest BCUT2D eigenvalue weighted by molar-refractivity contribution is 7.86. The molecule has 0 aliphatic carbocycles. The van der Waals surface area contributed by atoms with Crippen molar-refractivity contribution in [2.75, 3.05) is 38.8 Å². The predicted octanol–water partition coefficient (Wildman–Crippen LogP) is 1.04. The number of rotatable bonds is 7. The number of nitrogens with two attached hydrogens (primary N) is 1. The summed E-state index contributed by atoms with van der Waals surface area (Å²) in [4.78, 5) is 10.5. The number of aromatic nitrogens is 2. The van der Waals surface area contributed by atoms with E-state index in [0.717, 1.165) is 0 Å². The van der Waals surface area contributed by atoms with Gasteiger partial charge < -0.3 is 19.5 Å². The summed E-state index contributed by atoms with van der Waals surface area (Å²) in [6.07, 6.45) is -6.01. The summed E-state index contributed by atoms with van der Waals surface area (Å²) in [5.74, 6) is 1.55. The SMILES string of the molecule is COc1cc2ncnc(N3CCC(N(CC(O)C(F)(F)F)S(N)(=O)=O)CC3)c2cc1OC. The molecule has 0 saturated carbocycles. The Labute approximate surface area is 182 Å². The van der Waals surface area contributed by atoms with Gasteiger partial charge in [0.05, 0.1) is 26.3 Å². The number of alkyl halides is 3. The Kier molecular flexibility index (Phi) is 6.97. The fourth-order valence-corrected chi connectivity index (χ4v) is 4.70. The predicted molar refractivity (Wildman–Crippen MR) is 110 cm³/mol. The van der Waals surface area contributed by atoms with Crippen LogP contribution in [0.25, 0.3) is 10.9 Å². The van der Waals surface area contributed by atoms with E-state index in [4.69, 9.17) is 14.6 Å². The molecule has 10 nitrogen and oxygen atoms in total. The van der Waals surface area contributed by atoms with E-state index in [2.05, 4.69) is 9.97 Å². The lowest BCUT2D eigenvalue weighted by molar-refractivity contribution is -0.206. The minimum Gasteiger partial charge on any atom is -0.493 e. The zero-order valence-corrected chi connectivity index (χ0v) is 18.2. The smallest absolute Gasteiger partial charge is 0.415 e. The molecule has 1 atom stereocenters. The van der Waals surface area contributed by atoms with Crippen molar-refractivity contribution in [3.05, 3.63) is 18.5 Å². The standard InChI is InChI=1S/C18H24F3N5O5S/c1-30-14-7-12-13(8-15(14)31-2)23-10-24-17(12)25-5-3-11(4-6-25)26(32(22,28)29)9-16(27)18(19,20)21/h7-8,10-11,16,27H,3-6,9H2,1-2H3,(H2,22,28,29). The monoisotopic (exact) mass is 479 g/mol. The van der Waals surface area contributed by atoms with Gasteiger partial charge in [-0.15, -0.1) is 0 Å². The third-order valence-corrected chi connectivity index (χ3v) is 6.45. The van der Waals surface area contributed by atoms with Crippen LogP contribution in [0, 0.1) is 0 Å². The van der Waals surface area contributed by atoms with E-state index < -0.39 is 35.1 Å². The average Bonchev–Trinajstić information content (AvgIpc) is 2.74. The Hall–Kier alpha value is -2.42. The number of benzene rings is 1. The van der Waals surface area contributed by atoms with Gasteiger partial charge in [0, 0.05) is 30.6 Å². The molecule has 1 fully saturated rings. The van der Waals surface area contributed by atoms with Crippen molar-refractivity contribution in [2.24, 2.45) is 5.14 Å². The minimum atomic E-state index is -4.95. The zero-order chi connectivity index (χ0) is 23.7. The van der Waals surface area contributed by atoms with Crippen LogP contribution in [0.2, 0.25) is 0 Å². The van der Waals surface area contributed by atoms with E-state index in [1.54, 1.807) is 12.1 Å². The molecule has 0 bridgehead atoms. The van der Waals surface area contributed by atoms with Crippen molar-refractivity contribution in [3.8, 4) is 11.5 Å². The lowest BCUT2D eigenvalue weighted by Gasteiger charge is -2.38. The molecule has 0 radical (unpaired) electrons. The van der Waals surface area contributed by atoms with Crippen LogP contribution in [0.3, 0.4) is 0 Å². The number of ether oxygens (including phenoxy) is 2. The normalized spacial score (nSPS) is 17.1. The molecule has 1 unspecified atom stereocenters. The van der Waals surface area contributed by atoms with Crippen LogP contribution in [-0.2, 0) is 10.2 Å². The second kappa shape index (κ2) is 9.21. The molecule has 1 aliphatic rings. The molecule has 0 amide bonds. The van der Waals surface area contributed by atoms with Gasteiger partial charge >= 0.3 is 6.18 Å². The maximum Gasteiger partial charge on any atom is 0.415 e. The number of hydrogen-bond donors (Lipinski definition) is 2. The summed E-state index contributed by atoms with van der Waals surface area (Å²) < 4.78 is 73.2. The molecule has 14 heteroatoms. The molecular formula is C18H24F3N5O5S. The van der Waals surface area contributed by atoms with Crippen LogP contribution in [0.5, 0.6) is 11.5 Å². The van der Waals surface area contributed by atoms with Crippen molar-refractivity contribution < 1.29 is 36.2 Å². The summed E-state index contributed by atoms with van der Waals surface area (Å²) >= 11 is 0. The van der Waals surface area contributed by atoms with E-state index in [9.17, 15) is 26.7 Å². The third kappa shape index (κ3) is 5.14. The van der Waals surface area contributed by atoms with Gasteiger partial charge in [0.1, 0.15) is 12.1 Å². The van der Waals surface area contributed by atoms with Crippen LogP contribution in [0.15, 0.2) is 18.5 Å². The molecule has 178 valence electrons. The summed E-state index contributed by atoms with van der Waals surface area (Å²) in [7, 11) is -1.46. The number of hydrogen-bond acceptors (Lipinski definition) is 8. The zero-order valence-electron chi connectivity index (χ0n) is 17.4. The number of piperidine rings is 1. The van der Waals surface area contributed by atoms with Crippen LogP contribution >= 0.6 is 0 Å². The highest BCUT2D eigenvalue weighted by Crippen LogP contribution is 2.35. The van der Waals surface area contributed by atoms with Crippen molar-refractivity contribution in [1.29, 1.82) is 0 Å².